The van der Waals surface area contributed by atoms with E-state index in [0.717, 1.165) is 42.0 Å². The van der Waals surface area contributed by atoms with Crippen LogP contribution >= 0.6 is 0 Å². The van der Waals surface area contributed by atoms with E-state index in [2.05, 4.69) is 32.1 Å². The molecule has 0 radical (unpaired) electrons. The molecule has 0 unspecified atom stereocenters. The van der Waals surface area contributed by atoms with Gasteiger partial charge in [-0.05, 0) is 43.5 Å². The minimum absolute atomic E-state index is 0.0594. The van der Waals surface area contributed by atoms with Crippen LogP contribution in [0.5, 0.6) is 0 Å². The molecule has 5 aromatic rings. The predicted octanol–water partition coefficient (Wildman–Crippen LogP) is 3.61. The molecule has 5 heterocycles. The van der Waals surface area contributed by atoms with Crippen LogP contribution < -0.4 is 5.56 Å². The van der Waals surface area contributed by atoms with Crippen LogP contribution in [0.25, 0.3) is 16.8 Å². The number of hydrogen-bond acceptors (Lipinski definition) is 7. The first kappa shape index (κ1) is 29.1. The summed E-state index contributed by atoms with van der Waals surface area (Å²) in [6, 6.07) is 23.8. The summed E-state index contributed by atoms with van der Waals surface area (Å²) in [4.78, 5) is 40.3. The van der Waals surface area contributed by atoms with Gasteiger partial charge in [0.2, 0.25) is 5.91 Å². The maximum Gasteiger partial charge on any atom is 0.277 e. The standard InChI is InChI=1S/C35H37N7O3/c43-33(29-13-18-39(22-28-21-36-16-17-37-28)23-30(29)26-7-3-1-4-8-26)40-19-14-35(45,15-20-40)24-41-25-38-42-31(11-12-32(42)34(41)44)27-9-5-2-6-10-27/h1-12,16-17,21,25,29-30,45H,13-15,18-20,22-24H2/t29-,30+/m1/s1. The molecule has 0 spiro atoms. The fourth-order valence-electron chi connectivity index (χ4n) is 6.96. The molecule has 2 fully saturated rings. The lowest BCUT2D eigenvalue weighted by Gasteiger charge is -2.43. The number of fused-ring (bicyclic) bond motifs is 1. The first-order chi connectivity index (χ1) is 22.0. The van der Waals surface area contributed by atoms with Gasteiger partial charge in [0, 0.05) is 62.2 Å². The number of likely N-dealkylation sites (tertiary alicyclic amines) is 2. The quantitative estimate of drug-likeness (QED) is 0.303. The zero-order chi connectivity index (χ0) is 30.8. The van der Waals surface area contributed by atoms with Crippen molar-refractivity contribution in [2.24, 2.45) is 5.92 Å². The first-order valence-electron chi connectivity index (χ1n) is 15.6. The number of carbonyl (C=O) groups is 1. The Hall–Kier alpha value is -4.67. The maximum absolute atomic E-state index is 14.0. The van der Waals surface area contributed by atoms with Crippen LogP contribution in [0.15, 0.2) is 103 Å². The van der Waals surface area contributed by atoms with Gasteiger partial charge in [0.15, 0.2) is 0 Å². The van der Waals surface area contributed by atoms with Crippen molar-refractivity contribution < 1.29 is 9.90 Å². The molecule has 7 rings (SSSR count). The van der Waals surface area contributed by atoms with Crippen LogP contribution in [0.4, 0.5) is 0 Å². The van der Waals surface area contributed by atoms with E-state index in [0.29, 0.717) is 38.0 Å². The Kier molecular flexibility index (Phi) is 7.99. The highest BCUT2D eigenvalue weighted by atomic mass is 16.3. The van der Waals surface area contributed by atoms with Crippen molar-refractivity contribution in [3.8, 4) is 11.3 Å². The van der Waals surface area contributed by atoms with Crippen LogP contribution in [-0.2, 0) is 17.9 Å². The van der Waals surface area contributed by atoms with E-state index in [1.165, 1.54) is 10.9 Å². The maximum atomic E-state index is 14.0. The summed E-state index contributed by atoms with van der Waals surface area (Å²) >= 11 is 0. The third-order valence-electron chi connectivity index (χ3n) is 9.43. The Morgan fingerprint density at radius 2 is 1.69 bits per heavy atom. The van der Waals surface area contributed by atoms with E-state index in [-0.39, 0.29) is 29.8 Å². The van der Waals surface area contributed by atoms with Crippen molar-refractivity contribution >= 4 is 11.4 Å². The van der Waals surface area contributed by atoms with Crippen LogP contribution in [-0.4, -0.2) is 76.7 Å². The van der Waals surface area contributed by atoms with Gasteiger partial charge >= 0.3 is 0 Å². The second-order valence-electron chi connectivity index (χ2n) is 12.3. The highest BCUT2D eigenvalue weighted by molar-refractivity contribution is 5.80. The number of nitrogens with zero attached hydrogens (tertiary/aromatic N) is 7. The summed E-state index contributed by atoms with van der Waals surface area (Å²) in [7, 11) is 0. The lowest BCUT2D eigenvalue weighted by Crippen LogP contribution is -2.53. The summed E-state index contributed by atoms with van der Waals surface area (Å²) in [6.07, 6.45) is 8.25. The zero-order valence-electron chi connectivity index (χ0n) is 25.2. The van der Waals surface area contributed by atoms with Gasteiger partial charge in [-0.3, -0.25) is 29.0 Å². The molecule has 45 heavy (non-hydrogen) atoms. The van der Waals surface area contributed by atoms with Crippen LogP contribution in [0.1, 0.15) is 36.4 Å². The van der Waals surface area contributed by atoms with Gasteiger partial charge in [0.25, 0.3) is 5.56 Å². The number of benzene rings is 2. The number of hydrogen-bond donors (Lipinski definition) is 1. The van der Waals surface area contributed by atoms with Crippen molar-refractivity contribution in [3.05, 3.63) is 119 Å². The number of aliphatic hydroxyl groups is 1. The Morgan fingerprint density at radius 3 is 2.42 bits per heavy atom. The van der Waals surface area contributed by atoms with E-state index >= 15 is 0 Å². The molecular formula is C35H37N7O3. The van der Waals surface area contributed by atoms with Crippen molar-refractivity contribution in [1.29, 1.82) is 0 Å². The molecule has 2 atom stereocenters. The average molecular weight is 604 g/mol. The van der Waals surface area contributed by atoms with E-state index in [4.69, 9.17) is 0 Å². The van der Waals surface area contributed by atoms with E-state index in [1.54, 1.807) is 29.2 Å². The fourth-order valence-corrected chi connectivity index (χ4v) is 6.96. The second kappa shape index (κ2) is 12.4. The lowest BCUT2D eigenvalue weighted by atomic mass is 9.79. The Labute approximate surface area is 261 Å². The van der Waals surface area contributed by atoms with Crippen molar-refractivity contribution in [1.82, 2.24) is 33.9 Å². The van der Waals surface area contributed by atoms with Crippen molar-refractivity contribution in [2.75, 3.05) is 26.2 Å². The molecule has 10 nitrogen and oxygen atoms in total. The molecule has 2 aliphatic heterocycles. The molecular weight excluding hydrogens is 566 g/mol. The predicted molar refractivity (Wildman–Crippen MR) is 170 cm³/mol. The molecule has 2 aromatic carbocycles. The molecule has 1 amide bonds. The molecule has 2 aliphatic rings. The summed E-state index contributed by atoms with van der Waals surface area (Å²) in [5.74, 6) is 0.0650. The minimum Gasteiger partial charge on any atom is -0.388 e. The van der Waals surface area contributed by atoms with Gasteiger partial charge in [-0.25, -0.2) is 4.52 Å². The van der Waals surface area contributed by atoms with Gasteiger partial charge < -0.3 is 10.0 Å². The summed E-state index contributed by atoms with van der Waals surface area (Å²) in [6.45, 7) is 3.30. The molecule has 0 aliphatic carbocycles. The van der Waals surface area contributed by atoms with Crippen LogP contribution in [0.3, 0.4) is 0 Å². The van der Waals surface area contributed by atoms with Crippen LogP contribution in [0, 0.1) is 5.92 Å². The average Bonchev–Trinajstić information content (AvgIpc) is 3.52. The smallest absolute Gasteiger partial charge is 0.277 e. The number of piperidine rings is 2. The van der Waals surface area contributed by atoms with Crippen molar-refractivity contribution in [2.45, 2.75) is 43.9 Å². The van der Waals surface area contributed by atoms with Gasteiger partial charge in [0.05, 0.1) is 23.5 Å². The number of carbonyl (C=O) groups excluding carboxylic acids is 1. The summed E-state index contributed by atoms with van der Waals surface area (Å²) < 4.78 is 3.15. The van der Waals surface area contributed by atoms with Crippen LogP contribution in [0.2, 0.25) is 0 Å². The lowest BCUT2D eigenvalue weighted by molar-refractivity contribution is -0.142. The second-order valence-corrected chi connectivity index (χ2v) is 12.3. The van der Waals surface area contributed by atoms with Gasteiger partial charge in [-0.1, -0.05) is 60.7 Å². The van der Waals surface area contributed by atoms with E-state index in [9.17, 15) is 14.7 Å². The van der Waals surface area contributed by atoms with E-state index < -0.39 is 5.60 Å². The van der Waals surface area contributed by atoms with Gasteiger partial charge in [-0.2, -0.15) is 5.10 Å². The molecule has 0 bridgehead atoms. The zero-order valence-corrected chi connectivity index (χ0v) is 25.2. The normalized spacial score (nSPS) is 20.3. The van der Waals surface area contributed by atoms with E-state index in [1.807, 2.05) is 59.5 Å². The number of aromatic nitrogens is 5. The third-order valence-corrected chi connectivity index (χ3v) is 9.43. The topological polar surface area (TPSA) is 109 Å². The van der Waals surface area contributed by atoms with Crippen molar-refractivity contribution in [3.63, 3.8) is 0 Å². The van der Waals surface area contributed by atoms with Gasteiger partial charge in [0.1, 0.15) is 11.8 Å². The first-order valence-corrected chi connectivity index (χ1v) is 15.6. The monoisotopic (exact) mass is 603 g/mol. The largest absolute Gasteiger partial charge is 0.388 e. The molecule has 3 aromatic heterocycles. The minimum atomic E-state index is -1.10. The third kappa shape index (κ3) is 6.03. The highest BCUT2D eigenvalue weighted by Gasteiger charge is 2.41. The Bertz CT molecular complexity index is 1820. The molecule has 230 valence electrons. The summed E-state index contributed by atoms with van der Waals surface area (Å²) in [5.41, 5.74) is 3.07. The number of rotatable bonds is 7. The Morgan fingerprint density at radius 1 is 0.933 bits per heavy atom. The molecule has 0 saturated carbocycles. The number of amides is 1. The van der Waals surface area contributed by atoms with Gasteiger partial charge in [-0.15, -0.1) is 0 Å². The Balaban J connectivity index is 1.03. The molecule has 1 N–H and O–H groups in total. The molecule has 2 saturated heterocycles. The SMILES string of the molecule is O=C([C@@H]1CCN(Cc2cnccn2)C[C@H]1c1ccccc1)N1CCC(O)(Cn2cnn3c(-c4ccccc4)ccc3c2=O)CC1. The highest BCUT2D eigenvalue weighted by Crippen LogP contribution is 2.36. The summed E-state index contributed by atoms with van der Waals surface area (Å²) in [5, 5.41) is 16.1. The fraction of sp³-hybridized carbons (Fsp3) is 0.343. The molecule has 10 heteroatoms.